The molecule has 27 heavy (non-hydrogen) atoms. The minimum atomic E-state index is -0.346. The monoisotopic (exact) mass is 353 g/mol. The first-order valence-electron chi connectivity index (χ1n) is 9.26. The van der Waals surface area contributed by atoms with Crippen molar-refractivity contribution in [3.8, 4) is 5.82 Å². The van der Waals surface area contributed by atoms with E-state index < -0.39 is 0 Å². The fraction of sp³-hybridized carbons (Fsp3) is 0.182. The van der Waals surface area contributed by atoms with Crippen LogP contribution in [0.2, 0.25) is 0 Å². The molecule has 2 aliphatic rings. The minimum absolute atomic E-state index is 0.00571. The van der Waals surface area contributed by atoms with Crippen molar-refractivity contribution in [1.82, 2.24) is 14.8 Å². The van der Waals surface area contributed by atoms with Crippen LogP contribution in [0.1, 0.15) is 41.6 Å². The molecule has 6 rings (SSSR count). The number of amides is 1. The summed E-state index contributed by atoms with van der Waals surface area (Å²) < 4.78 is 2.13. The van der Waals surface area contributed by atoms with E-state index in [1.807, 2.05) is 42.5 Å². The maximum atomic E-state index is 12.9. The molecule has 0 bridgehead atoms. The van der Waals surface area contributed by atoms with Gasteiger partial charge >= 0.3 is 0 Å². The third-order valence-corrected chi connectivity index (χ3v) is 5.58. The van der Waals surface area contributed by atoms with E-state index in [0.29, 0.717) is 5.92 Å². The zero-order valence-electron chi connectivity index (χ0n) is 14.6. The van der Waals surface area contributed by atoms with Crippen LogP contribution in [-0.4, -0.2) is 20.7 Å². The Balaban J connectivity index is 1.60. The predicted molar refractivity (Wildman–Crippen MR) is 103 cm³/mol. The summed E-state index contributed by atoms with van der Waals surface area (Å²) in [6, 6.07) is 21.2. The molecule has 1 aliphatic carbocycles. The topological polar surface area (TPSA) is 62.7 Å². The van der Waals surface area contributed by atoms with Gasteiger partial charge in [-0.15, -0.1) is 0 Å². The Morgan fingerprint density at radius 3 is 2.93 bits per heavy atom. The van der Waals surface area contributed by atoms with Crippen molar-refractivity contribution in [2.75, 3.05) is 5.32 Å². The molecule has 2 N–H and O–H groups in total. The molecule has 2 aromatic carbocycles. The number of carbonyl (C=O) groups is 1. The summed E-state index contributed by atoms with van der Waals surface area (Å²) in [5.41, 5.74) is 5.00. The van der Waals surface area contributed by atoms with Gasteiger partial charge in [0.15, 0.2) is 0 Å². The van der Waals surface area contributed by atoms with Crippen LogP contribution in [0.4, 0.5) is 5.69 Å². The Hall–Kier alpha value is -3.34. The fourth-order valence-corrected chi connectivity index (χ4v) is 4.13. The van der Waals surface area contributed by atoms with Gasteiger partial charge in [-0.2, -0.15) is 5.10 Å². The molecule has 0 saturated heterocycles. The predicted octanol–water partition coefficient (Wildman–Crippen LogP) is 4.12. The highest BCUT2D eigenvalue weighted by molar-refractivity contribution is 6.05. The summed E-state index contributed by atoms with van der Waals surface area (Å²) in [6.07, 6.45) is 2.41. The van der Waals surface area contributed by atoms with Crippen LogP contribution in [0, 0.1) is 6.07 Å². The molecule has 1 aliphatic heterocycles. The summed E-state index contributed by atoms with van der Waals surface area (Å²) in [4.78, 5) is 12.9. The van der Waals surface area contributed by atoms with E-state index in [9.17, 15) is 4.79 Å². The molecule has 4 aromatic rings. The van der Waals surface area contributed by atoms with E-state index in [1.165, 1.54) is 12.8 Å². The van der Waals surface area contributed by atoms with Crippen molar-refractivity contribution in [2.45, 2.75) is 24.7 Å². The van der Waals surface area contributed by atoms with Gasteiger partial charge in [0.25, 0.3) is 0 Å². The summed E-state index contributed by atoms with van der Waals surface area (Å²) in [6.45, 7) is 0. The van der Waals surface area contributed by atoms with Gasteiger partial charge in [0.2, 0.25) is 5.91 Å². The molecule has 1 fully saturated rings. The quantitative estimate of drug-likeness (QED) is 0.582. The highest BCUT2D eigenvalue weighted by Gasteiger charge is 2.35. The third-order valence-electron chi connectivity index (χ3n) is 5.58. The van der Waals surface area contributed by atoms with E-state index in [-0.39, 0.29) is 11.8 Å². The van der Waals surface area contributed by atoms with Crippen molar-refractivity contribution in [1.29, 1.82) is 0 Å². The molecular weight excluding hydrogens is 336 g/mol. The van der Waals surface area contributed by atoms with Crippen LogP contribution in [0.25, 0.3) is 16.7 Å². The molecule has 5 nitrogen and oxygen atoms in total. The zero-order chi connectivity index (χ0) is 18.0. The van der Waals surface area contributed by atoms with Crippen molar-refractivity contribution < 1.29 is 4.79 Å². The summed E-state index contributed by atoms with van der Waals surface area (Å²) in [5, 5.41) is 11.8. The maximum absolute atomic E-state index is 12.9. The number of benzene rings is 2. The van der Waals surface area contributed by atoms with Gasteiger partial charge in [0.1, 0.15) is 11.7 Å². The number of para-hydroxylation sites is 1. The summed E-state index contributed by atoms with van der Waals surface area (Å²) >= 11 is 0. The lowest BCUT2D eigenvalue weighted by atomic mass is 9.97. The van der Waals surface area contributed by atoms with Gasteiger partial charge in [-0.25, -0.2) is 0 Å². The van der Waals surface area contributed by atoms with Gasteiger partial charge in [0.05, 0.1) is 11.2 Å². The smallest absolute Gasteiger partial charge is 0.238 e. The molecule has 5 heteroatoms. The summed E-state index contributed by atoms with van der Waals surface area (Å²) in [7, 11) is 0. The zero-order valence-corrected chi connectivity index (χ0v) is 14.6. The van der Waals surface area contributed by atoms with Crippen molar-refractivity contribution in [3.05, 3.63) is 77.6 Å². The fourth-order valence-electron chi connectivity index (χ4n) is 4.13. The molecule has 1 unspecified atom stereocenters. The molecule has 1 radical (unpaired) electrons. The van der Waals surface area contributed by atoms with Crippen LogP contribution in [0.15, 0.2) is 54.6 Å². The molecule has 1 atom stereocenters. The second-order valence-electron chi connectivity index (χ2n) is 7.35. The molecule has 1 amide bonds. The lowest BCUT2D eigenvalue weighted by Gasteiger charge is -2.13. The third kappa shape index (κ3) is 2.18. The van der Waals surface area contributed by atoms with Crippen LogP contribution in [-0.2, 0) is 4.79 Å². The van der Waals surface area contributed by atoms with Crippen LogP contribution < -0.4 is 5.32 Å². The van der Waals surface area contributed by atoms with Crippen molar-refractivity contribution in [3.63, 3.8) is 0 Å². The highest BCUT2D eigenvalue weighted by atomic mass is 16.2. The first-order valence-corrected chi connectivity index (χ1v) is 9.26. The van der Waals surface area contributed by atoms with Crippen LogP contribution in [0.3, 0.4) is 0 Å². The number of carbonyl (C=O) groups excluding carboxylic acids is 1. The van der Waals surface area contributed by atoms with Crippen molar-refractivity contribution >= 4 is 22.5 Å². The number of fused-ring (bicyclic) bond motifs is 2. The van der Waals surface area contributed by atoms with Gasteiger partial charge < -0.3 is 5.32 Å². The van der Waals surface area contributed by atoms with Gasteiger partial charge in [-0.1, -0.05) is 24.3 Å². The average Bonchev–Trinajstić information content (AvgIpc) is 3.16. The number of anilines is 1. The standard InChI is InChI=1S/C22H17N4O/c27-22-21(15-6-2-3-7-16(15)23-22)19-11-14-5-1-4-8-18(14)26(19)20-12-17(24-25-20)13-9-10-13/h2-8,11-13,21H,9-10H2,(H,23,27)(H,24,25). The number of hydrogen-bond acceptors (Lipinski definition) is 2. The first kappa shape index (κ1) is 14.8. The van der Waals surface area contributed by atoms with E-state index in [4.69, 9.17) is 0 Å². The second-order valence-corrected chi connectivity index (χ2v) is 7.35. The Morgan fingerprint density at radius 1 is 1.15 bits per heavy atom. The van der Waals surface area contributed by atoms with E-state index in [0.717, 1.165) is 39.4 Å². The number of hydrogen-bond donors (Lipinski definition) is 2. The average molecular weight is 353 g/mol. The van der Waals surface area contributed by atoms with E-state index in [1.54, 1.807) is 0 Å². The number of nitrogens with zero attached hydrogens (tertiary/aromatic N) is 2. The number of H-pyrrole nitrogens is 1. The Morgan fingerprint density at radius 2 is 2.04 bits per heavy atom. The Labute approximate surface area is 156 Å². The van der Waals surface area contributed by atoms with Crippen molar-refractivity contribution in [2.24, 2.45) is 0 Å². The van der Waals surface area contributed by atoms with Gasteiger partial charge in [-0.3, -0.25) is 14.5 Å². The number of aromatic nitrogens is 3. The minimum Gasteiger partial charge on any atom is -0.325 e. The maximum Gasteiger partial charge on any atom is 0.238 e. The Kier molecular flexibility index (Phi) is 2.92. The molecule has 0 spiro atoms. The normalized spacial score (nSPS) is 18.7. The number of aromatic amines is 1. The molecule has 1 saturated carbocycles. The lowest BCUT2D eigenvalue weighted by molar-refractivity contribution is -0.116. The van der Waals surface area contributed by atoms with Gasteiger partial charge in [-0.05, 0) is 48.7 Å². The van der Waals surface area contributed by atoms with Crippen LogP contribution >= 0.6 is 0 Å². The molecule has 131 valence electrons. The van der Waals surface area contributed by atoms with E-state index in [2.05, 4.69) is 38.3 Å². The molecule has 3 heterocycles. The number of nitrogens with one attached hydrogen (secondary N) is 2. The molecular formula is C22H17N4O. The molecule has 2 aromatic heterocycles. The van der Waals surface area contributed by atoms with Gasteiger partial charge in [0, 0.05) is 28.8 Å². The second kappa shape index (κ2) is 5.33. The highest BCUT2D eigenvalue weighted by Crippen LogP contribution is 2.42. The SMILES string of the molecule is O=C1Nc2ccccc2C1c1cc2c[c]ccc2n1-c1cc(C2CC2)n[nH]1. The van der Waals surface area contributed by atoms with E-state index >= 15 is 0 Å². The Bertz CT molecular complexity index is 1200. The lowest BCUT2D eigenvalue weighted by Crippen LogP contribution is -2.16. The number of rotatable bonds is 3. The van der Waals surface area contributed by atoms with Crippen LogP contribution in [0.5, 0.6) is 0 Å². The largest absolute Gasteiger partial charge is 0.325 e. The first-order chi connectivity index (χ1) is 13.3. The summed E-state index contributed by atoms with van der Waals surface area (Å²) in [5.74, 6) is 1.14.